The van der Waals surface area contributed by atoms with Crippen LogP contribution >= 0.6 is 0 Å². The van der Waals surface area contributed by atoms with Gasteiger partial charge in [0.25, 0.3) is 0 Å². The summed E-state index contributed by atoms with van der Waals surface area (Å²) in [5.74, 6) is 1.63. The van der Waals surface area contributed by atoms with E-state index in [1.807, 2.05) is 6.07 Å². The first-order valence-corrected chi connectivity index (χ1v) is 5.28. The second-order valence-corrected chi connectivity index (χ2v) is 4.01. The molecule has 1 rings (SSSR count). The first kappa shape index (κ1) is 12.6. The Hall–Kier alpha value is -1.51. The van der Waals surface area contributed by atoms with Gasteiger partial charge < -0.3 is 9.47 Å². The van der Waals surface area contributed by atoms with Crippen LogP contribution in [0.3, 0.4) is 0 Å². The van der Waals surface area contributed by atoms with E-state index >= 15 is 0 Å². The molecule has 0 aromatic heterocycles. The second kappa shape index (κ2) is 5.01. The van der Waals surface area contributed by atoms with Crippen LogP contribution in [0.15, 0.2) is 12.1 Å². The minimum Gasteiger partial charge on any atom is -0.493 e. The lowest BCUT2D eigenvalue weighted by atomic mass is 9.97. The number of methoxy groups -OCH3 is 2. The molecule has 0 atom stereocenters. The van der Waals surface area contributed by atoms with Crippen molar-refractivity contribution in [2.75, 3.05) is 14.2 Å². The molecule has 0 heterocycles. The molecule has 0 aliphatic rings. The monoisotopic (exact) mass is 222 g/mol. The Morgan fingerprint density at radius 3 is 2.19 bits per heavy atom. The van der Waals surface area contributed by atoms with Gasteiger partial charge in [0.15, 0.2) is 17.3 Å². The molecular formula is C13H18O3. The average molecular weight is 222 g/mol. The highest BCUT2D eigenvalue weighted by molar-refractivity contribution is 5.95. The predicted octanol–water partition coefficient (Wildman–Crippen LogP) is 3.03. The maximum absolute atomic E-state index is 11.4. The molecule has 0 amide bonds. The van der Waals surface area contributed by atoms with Crippen LogP contribution in [0.1, 0.15) is 42.6 Å². The summed E-state index contributed by atoms with van der Waals surface area (Å²) in [6, 6.07) is 3.58. The predicted molar refractivity (Wildman–Crippen MR) is 63.6 cm³/mol. The van der Waals surface area contributed by atoms with Crippen LogP contribution in [0.5, 0.6) is 11.5 Å². The second-order valence-electron chi connectivity index (χ2n) is 4.01. The fourth-order valence-corrected chi connectivity index (χ4v) is 1.63. The number of carbonyl (C=O) groups is 1. The van der Waals surface area contributed by atoms with Gasteiger partial charge in [0, 0.05) is 11.1 Å². The zero-order chi connectivity index (χ0) is 12.3. The van der Waals surface area contributed by atoms with E-state index in [1.54, 1.807) is 27.2 Å². The Morgan fingerprint density at radius 1 is 1.19 bits per heavy atom. The molecule has 0 radical (unpaired) electrons. The van der Waals surface area contributed by atoms with E-state index in [1.165, 1.54) is 0 Å². The lowest BCUT2D eigenvalue weighted by Gasteiger charge is -2.16. The smallest absolute Gasteiger partial charge is 0.164 e. The molecule has 0 saturated heterocycles. The number of hydrogen-bond acceptors (Lipinski definition) is 3. The third-order valence-corrected chi connectivity index (χ3v) is 2.54. The normalized spacial score (nSPS) is 10.4. The molecule has 0 aliphatic carbocycles. The van der Waals surface area contributed by atoms with Crippen LogP contribution in [0, 0.1) is 0 Å². The molecule has 0 bridgehead atoms. The number of rotatable bonds is 4. The van der Waals surface area contributed by atoms with Gasteiger partial charge in [-0.15, -0.1) is 0 Å². The maximum atomic E-state index is 11.4. The van der Waals surface area contributed by atoms with Crippen LogP contribution in [0.2, 0.25) is 0 Å². The van der Waals surface area contributed by atoms with E-state index in [0.29, 0.717) is 17.1 Å². The fourth-order valence-electron chi connectivity index (χ4n) is 1.63. The summed E-state index contributed by atoms with van der Waals surface area (Å²) in [7, 11) is 3.18. The third kappa shape index (κ3) is 2.35. The Morgan fingerprint density at radius 2 is 1.81 bits per heavy atom. The van der Waals surface area contributed by atoms with Crippen molar-refractivity contribution < 1.29 is 14.3 Å². The van der Waals surface area contributed by atoms with Crippen LogP contribution in [0.25, 0.3) is 0 Å². The van der Waals surface area contributed by atoms with E-state index < -0.39 is 0 Å². The number of ether oxygens (including phenoxy) is 2. The lowest BCUT2D eigenvalue weighted by molar-refractivity contribution is 0.101. The Kier molecular flexibility index (Phi) is 3.93. The van der Waals surface area contributed by atoms with E-state index in [9.17, 15) is 4.79 Å². The van der Waals surface area contributed by atoms with E-state index in [-0.39, 0.29) is 11.7 Å². The van der Waals surface area contributed by atoms with Gasteiger partial charge in [-0.1, -0.05) is 13.8 Å². The van der Waals surface area contributed by atoms with Crippen LogP contribution < -0.4 is 9.47 Å². The zero-order valence-corrected chi connectivity index (χ0v) is 10.5. The first-order valence-electron chi connectivity index (χ1n) is 5.28. The third-order valence-electron chi connectivity index (χ3n) is 2.54. The number of benzene rings is 1. The summed E-state index contributed by atoms with van der Waals surface area (Å²) in [5.41, 5.74) is 1.65. The maximum Gasteiger partial charge on any atom is 0.164 e. The van der Waals surface area contributed by atoms with Gasteiger partial charge in [-0.25, -0.2) is 0 Å². The number of Topliss-reactive ketones (excluding diaryl/α,β-unsaturated/α-hetero) is 1. The highest BCUT2D eigenvalue weighted by Crippen LogP contribution is 2.36. The van der Waals surface area contributed by atoms with Crippen LogP contribution in [0.4, 0.5) is 0 Å². The van der Waals surface area contributed by atoms with Crippen LogP contribution in [-0.4, -0.2) is 20.0 Å². The summed E-state index contributed by atoms with van der Waals surface area (Å²) in [6.07, 6.45) is 0. The molecule has 0 unspecified atom stereocenters. The number of ketones is 1. The van der Waals surface area contributed by atoms with Crippen molar-refractivity contribution in [3.63, 3.8) is 0 Å². The summed E-state index contributed by atoms with van der Waals surface area (Å²) in [5, 5.41) is 0. The highest BCUT2D eigenvalue weighted by atomic mass is 16.5. The summed E-state index contributed by atoms with van der Waals surface area (Å²) < 4.78 is 10.6. The van der Waals surface area contributed by atoms with Gasteiger partial charge in [0.05, 0.1) is 14.2 Å². The SMILES string of the molecule is COc1cc(C(C)=O)cc(C(C)C)c1OC. The topological polar surface area (TPSA) is 35.5 Å². The van der Waals surface area contributed by atoms with Crippen molar-refractivity contribution in [2.24, 2.45) is 0 Å². The van der Waals surface area contributed by atoms with E-state index in [4.69, 9.17) is 9.47 Å². The quantitative estimate of drug-likeness (QED) is 0.734. The minimum atomic E-state index is 0.0304. The number of carbonyl (C=O) groups excluding carboxylic acids is 1. The van der Waals surface area contributed by atoms with Crippen molar-refractivity contribution in [1.29, 1.82) is 0 Å². The summed E-state index contributed by atoms with van der Waals surface area (Å²) in [4.78, 5) is 11.4. The molecule has 88 valence electrons. The van der Waals surface area contributed by atoms with Crippen molar-refractivity contribution in [2.45, 2.75) is 26.7 Å². The minimum absolute atomic E-state index is 0.0304. The van der Waals surface area contributed by atoms with E-state index in [2.05, 4.69) is 13.8 Å². The molecule has 0 aliphatic heterocycles. The van der Waals surface area contributed by atoms with Gasteiger partial charge in [0.2, 0.25) is 0 Å². The zero-order valence-electron chi connectivity index (χ0n) is 10.5. The fraction of sp³-hybridized carbons (Fsp3) is 0.462. The standard InChI is InChI=1S/C13H18O3/c1-8(2)11-6-10(9(3)14)7-12(15-4)13(11)16-5/h6-8H,1-5H3. The Balaban J connectivity index is 3.43. The van der Waals surface area contributed by atoms with Crippen molar-refractivity contribution in [3.05, 3.63) is 23.3 Å². The molecule has 16 heavy (non-hydrogen) atoms. The van der Waals surface area contributed by atoms with Gasteiger partial charge in [-0.05, 0) is 25.0 Å². The molecule has 1 aromatic rings. The van der Waals surface area contributed by atoms with Gasteiger partial charge >= 0.3 is 0 Å². The largest absolute Gasteiger partial charge is 0.493 e. The molecule has 1 aromatic carbocycles. The van der Waals surface area contributed by atoms with E-state index in [0.717, 1.165) is 5.56 Å². The molecule has 0 spiro atoms. The summed E-state index contributed by atoms with van der Waals surface area (Å²) in [6.45, 7) is 5.66. The van der Waals surface area contributed by atoms with Crippen molar-refractivity contribution in [1.82, 2.24) is 0 Å². The Bertz CT molecular complexity index is 394. The molecule has 3 nitrogen and oxygen atoms in total. The summed E-state index contributed by atoms with van der Waals surface area (Å²) >= 11 is 0. The molecule has 3 heteroatoms. The Labute approximate surface area is 96.4 Å². The van der Waals surface area contributed by atoms with Gasteiger partial charge in [0.1, 0.15) is 0 Å². The molecule has 0 saturated carbocycles. The average Bonchev–Trinajstić information content (AvgIpc) is 2.26. The molecule has 0 fully saturated rings. The molecule has 0 N–H and O–H groups in total. The molecular weight excluding hydrogens is 204 g/mol. The highest BCUT2D eigenvalue weighted by Gasteiger charge is 2.16. The van der Waals surface area contributed by atoms with Crippen molar-refractivity contribution in [3.8, 4) is 11.5 Å². The van der Waals surface area contributed by atoms with Crippen molar-refractivity contribution >= 4 is 5.78 Å². The van der Waals surface area contributed by atoms with Gasteiger partial charge in [-0.3, -0.25) is 4.79 Å². The first-order chi connectivity index (χ1) is 7.51. The van der Waals surface area contributed by atoms with Crippen LogP contribution in [-0.2, 0) is 0 Å². The van der Waals surface area contributed by atoms with Gasteiger partial charge in [-0.2, -0.15) is 0 Å². The lowest BCUT2D eigenvalue weighted by Crippen LogP contribution is -2.02. The number of hydrogen-bond donors (Lipinski definition) is 0.